The minimum atomic E-state index is -0.0597. The molecule has 0 spiro atoms. The van der Waals surface area contributed by atoms with Crippen LogP contribution in [0.15, 0.2) is 16.8 Å². The third-order valence-electron chi connectivity index (χ3n) is 3.68. The minimum Gasteiger partial charge on any atom is -0.353 e. The molecule has 0 aliphatic carbocycles. The van der Waals surface area contributed by atoms with Crippen molar-refractivity contribution >= 4 is 5.78 Å². The molecule has 22 heavy (non-hydrogen) atoms. The maximum absolute atomic E-state index is 11.7. The van der Waals surface area contributed by atoms with Crippen LogP contribution < -0.4 is 0 Å². The number of hydrogen-bond donors (Lipinski definition) is 0. The Bertz CT molecular complexity index is 397. The molecule has 0 radical (unpaired) electrons. The van der Waals surface area contributed by atoms with Gasteiger partial charge in [0.2, 0.25) is 0 Å². The van der Waals surface area contributed by atoms with Crippen LogP contribution in [0.3, 0.4) is 0 Å². The number of rotatable bonds is 11. The fourth-order valence-electron chi connectivity index (χ4n) is 2.25. The predicted octanol–water partition coefficient (Wildman–Crippen LogP) is 4.31. The van der Waals surface area contributed by atoms with E-state index in [1.54, 1.807) is 0 Å². The maximum Gasteiger partial charge on any atom is 0.157 e. The number of ether oxygens (including phenoxy) is 2. The van der Waals surface area contributed by atoms with Crippen molar-refractivity contribution < 1.29 is 14.3 Å². The molecule has 6 heteroatoms. The summed E-state index contributed by atoms with van der Waals surface area (Å²) in [6, 6.07) is 0. The largest absolute Gasteiger partial charge is 0.353 e. The molecular weight excluding hydrogens is 282 g/mol. The molecule has 1 heterocycles. The summed E-state index contributed by atoms with van der Waals surface area (Å²) in [7, 11) is 0. The van der Waals surface area contributed by atoms with Gasteiger partial charge in [0.15, 0.2) is 6.29 Å². The summed E-state index contributed by atoms with van der Waals surface area (Å²) in [4.78, 5) is 14.4. The van der Waals surface area contributed by atoms with E-state index in [2.05, 4.69) is 10.0 Å². The Morgan fingerprint density at radius 3 is 2.95 bits per heavy atom. The first-order valence-electron chi connectivity index (χ1n) is 8.13. The van der Waals surface area contributed by atoms with Gasteiger partial charge in [0.1, 0.15) is 5.78 Å². The lowest BCUT2D eigenvalue weighted by Crippen LogP contribution is -2.22. The average Bonchev–Trinajstić information content (AvgIpc) is 2.54. The zero-order valence-corrected chi connectivity index (χ0v) is 13.5. The molecule has 0 N–H and O–H groups in total. The quantitative estimate of drug-likeness (QED) is 0.187. The molecule has 0 aromatic carbocycles. The summed E-state index contributed by atoms with van der Waals surface area (Å²) >= 11 is 0. The Morgan fingerprint density at radius 1 is 1.36 bits per heavy atom. The van der Waals surface area contributed by atoms with Crippen molar-refractivity contribution in [1.29, 1.82) is 0 Å². The molecule has 0 aromatic rings. The fraction of sp³-hybridized carbons (Fsp3) is 0.812. The second-order valence-corrected chi connectivity index (χ2v) is 5.63. The molecule has 1 unspecified atom stereocenters. The van der Waals surface area contributed by atoms with Gasteiger partial charge >= 0.3 is 0 Å². The van der Waals surface area contributed by atoms with Gasteiger partial charge in [-0.05, 0) is 51.0 Å². The Balaban J connectivity index is 2.05. The van der Waals surface area contributed by atoms with E-state index in [0.717, 1.165) is 38.7 Å². The second kappa shape index (κ2) is 12.2. The van der Waals surface area contributed by atoms with Crippen molar-refractivity contribution in [2.45, 2.75) is 64.6 Å². The number of unbranched alkanes of at least 4 members (excludes halogenated alkanes) is 1. The molecule has 0 aromatic heterocycles. The normalized spacial score (nSPS) is 18.8. The van der Waals surface area contributed by atoms with Crippen molar-refractivity contribution in [3.8, 4) is 0 Å². The van der Waals surface area contributed by atoms with Gasteiger partial charge in [-0.15, -0.1) is 0 Å². The smallest absolute Gasteiger partial charge is 0.157 e. The Kier molecular flexibility index (Phi) is 10.4. The third-order valence-corrected chi connectivity index (χ3v) is 3.68. The van der Waals surface area contributed by atoms with Crippen molar-refractivity contribution in [2.75, 3.05) is 19.8 Å². The standard InChI is InChI=1S/C16H27N3O3/c1-14(10-13-22-16-7-3-5-12-21-16)8-9-15(20)6-2-4-11-18-19-17/h10,16H,2-9,11-13H2,1H3/b14-10+. The van der Waals surface area contributed by atoms with Crippen LogP contribution in [0.1, 0.15) is 58.3 Å². The topological polar surface area (TPSA) is 84.3 Å². The SMILES string of the molecule is C/C(=C\COC1CCCCO1)CCC(=O)CCCCN=[N+]=[N-]. The van der Waals surface area contributed by atoms with Gasteiger partial charge < -0.3 is 9.47 Å². The van der Waals surface area contributed by atoms with E-state index < -0.39 is 0 Å². The molecule has 6 nitrogen and oxygen atoms in total. The number of nitrogens with zero attached hydrogens (tertiary/aromatic N) is 3. The minimum absolute atomic E-state index is 0.0597. The molecule has 0 amide bonds. The van der Waals surface area contributed by atoms with Crippen LogP contribution in [0.25, 0.3) is 10.4 Å². The summed E-state index contributed by atoms with van der Waals surface area (Å²) < 4.78 is 11.1. The van der Waals surface area contributed by atoms with Crippen molar-refractivity contribution in [3.05, 3.63) is 22.1 Å². The van der Waals surface area contributed by atoms with Crippen LogP contribution in [0.4, 0.5) is 0 Å². The first-order chi connectivity index (χ1) is 10.7. The number of azide groups is 1. The number of allylic oxidation sites excluding steroid dienone is 1. The number of Topliss-reactive ketones (excluding diaryl/α,β-unsaturated/α-hetero) is 1. The molecule has 1 saturated heterocycles. The van der Waals surface area contributed by atoms with E-state index >= 15 is 0 Å². The van der Waals surface area contributed by atoms with Crippen LogP contribution in [-0.4, -0.2) is 31.8 Å². The molecule has 1 aliphatic heterocycles. The molecule has 1 rings (SSSR count). The lowest BCUT2D eigenvalue weighted by atomic mass is 10.1. The zero-order chi connectivity index (χ0) is 16.0. The van der Waals surface area contributed by atoms with Gasteiger partial charge in [0.25, 0.3) is 0 Å². The van der Waals surface area contributed by atoms with Gasteiger partial charge in [0.05, 0.1) is 6.61 Å². The van der Waals surface area contributed by atoms with Gasteiger partial charge in [-0.3, -0.25) is 4.79 Å². The van der Waals surface area contributed by atoms with Gasteiger partial charge in [0, 0.05) is 30.9 Å². The predicted molar refractivity (Wildman–Crippen MR) is 85.4 cm³/mol. The molecule has 1 aliphatic rings. The molecule has 1 atom stereocenters. The second-order valence-electron chi connectivity index (χ2n) is 5.63. The van der Waals surface area contributed by atoms with Gasteiger partial charge in [-0.2, -0.15) is 0 Å². The lowest BCUT2D eigenvalue weighted by Gasteiger charge is -2.22. The van der Waals surface area contributed by atoms with E-state index in [4.69, 9.17) is 15.0 Å². The van der Waals surface area contributed by atoms with Crippen LogP contribution in [0.5, 0.6) is 0 Å². The van der Waals surface area contributed by atoms with E-state index in [9.17, 15) is 4.79 Å². The highest BCUT2D eigenvalue weighted by Gasteiger charge is 2.12. The third kappa shape index (κ3) is 9.55. The van der Waals surface area contributed by atoms with Gasteiger partial charge in [-0.1, -0.05) is 16.8 Å². The highest BCUT2D eigenvalue weighted by Crippen LogP contribution is 2.14. The summed E-state index contributed by atoms with van der Waals surface area (Å²) in [5, 5.41) is 3.45. The average molecular weight is 309 g/mol. The molecule has 124 valence electrons. The Morgan fingerprint density at radius 2 is 2.23 bits per heavy atom. The number of ketones is 1. The molecule has 1 fully saturated rings. The Hall–Kier alpha value is -1.36. The van der Waals surface area contributed by atoms with E-state index in [1.807, 2.05) is 13.0 Å². The summed E-state index contributed by atoms with van der Waals surface area (Å²) in [6.07, 6.45) is 8.74. The lowest BCUT2D eigenvalue weighted by molar-refractivity contribution is -0.155. The number of carbonyl (C=O) groups is 1. The number of hydrogen-bond acceptors (Lipinski definition) is 4. The highest BCUT2D eigenvalue weighted by molar-refractivity contribution is 5.78. The van der Waals surface area contributed by atoms with Crippen LogP contribution in [0.2, 0.25) is 0 Å². The summed E-state index contributed by atoms with van der Waals surface area (Å²) in [5.74, 6) is 0.269. The Labute approximate surface area is 132 Å². The molecule has 0 bridgehead atoms. The molecular formula is C16H27N3O3. The highest BCUT2D eigenvalue weighted by atomic mass is 16.7. The monoisotopic (exact) mass is 309 g/mol. The van der Waals surface area contributed by atoms with Crippen molar-refractivity contribution in [3.63, 3.8) is 0 Å². The van der Waals surface area contributed by atoms with Crippen LogP contribution in [-0.2, 0) is 14.3 Å². The molecule has 0 saturated carbocycles. The first kappa shape index (κ1) is 18.7. The fourth-order valence-corrected chi connectivity index (χ4v) is 2.25. The van der Waals surface area contributed by atoms with Crippen molar-refractivity contribution in [1.82, 2.24) is 0 Å². The van der Waals surface area contributed by atoms with E-state index in [0.29, 0.717) is 26.0 Å². The van der Waals surface area contributed by atoms with Crippen LogP contribution in [0, 0.1) is 0 Å². The first-order valence-corrected chi connectivity index (χ1v) is 8.13. The summed E-state index contributed by atoms with van der Waals surface area (Å²) in [6.45, 7) is 3.85. The van der Waals surface area contributed by atoms with Crippen molar-refractivity contribution in [2.24, 2.45) is 5.11 Å². The van der Waals surface area contributed by atoms with E-state index in [1.165, 1.54) is 12.0 Å². The number of carbonyl (C=O) groups excluding carboxylic acids is 1. The zero-order valence-electron chi connectivity index (χ0n) is 13.5. The van der Waals surface area contributed by atoms with Crippen LogP contribution >= 0.6 is 0 Å². The van der Waals surface area contributed by atoms with E-state index in [-0.39, 0.29) is 12.1 Å². The maximum atomic E-state index is 11.7. The summed E-state index contributed by atoms with van der Waals surface area (Å²) in [5.41, 5.74) is 9.32. The van der Waals surface area contributed by atoms with Gasteiger partial charge in [-0.25, -0.2) is 0 Å².